The number of likely N-dealkylation sites (N-methyl/N-ethyl adjacent to an activating group) is 1. The van der Waals surface area contributed by atoms with E-state index in [-0.39, 0.29) is 6.03 Å². The van der Waals surface area contributed by atoms with E-state index in [9.17, 15) is 4.79 Å². The van der Waals surface area contributed by atoms with Crippen LogP contribution in [-0.4, -0.2) is 96.1 Å². The molecular weight excluding hydrogens is 781 g/mol. The van der Waals surface area contributed by atoms with Gasteiger partial charge in [-0.3, -0.25) is 4.48 Å². The molecule has 0 heterocycles. The molecule has 63 heavy (non-hydrogen) atoms. The van der Waals surface area contributed by atoms with Crippen LogP contribution in [0.5, 0.6) is 0 Å². The number of allylic oxidation sites excluding steroid dienone is 4. The highest BCUT2D eigenvalue weighted by Crippen LogP contribution is 2.29. The summed E-state index contributed by atoms with van der Waals surface area (Å²) >= 11 is 0. The highest BCUT2D eigenvalue weighted by molar-refractivity contribution is 5.73. The average Bonchev–Trinajstić information content (AvgIpc) is 3.28. The van der Waals surface area contributed by atoms with Crippen molar-refractivity contribution in [3.8, 4) is 0 Å². The molecular formula is C54H111N6O3+. The maximum atomic E-state index is 12.7. The third kappa shape index (κ3) is 40.5. The number of amides is 2. The van der Waals surface area contributed by atoms with Gasteiger partial charge in [0.25, 0.3) is 0 Å². The van der Waals surface area contributed by atoms with Crippen LogP contribution in [0, 0.1) is 0 Å². The SMILES string of the molecule is CCCCCCCC/C=C\CCCCCCCCOC(CC)(OCCCCCCCC/C=C\CCCCCCCC)[N+](C)(C)CCNC(=O)NCCCNCCCCNCCCN. The van der Waals surface area contributed by atoms with Gasteiger partial charge in [-0.15, -0.1) is 0 Å². The summed E-state index contributed by atoms with van der Waals surface area (Å²) in [7, 11) is 4.41. The number of carbonyl (C=O) groups is 1. The first kappa shape index (κ1) is 61.5. The Bertz CT molecular complexity index is 949. The molecule has 0 aliphatic heterocycles. The summed E-state index contributed by atoms with van der Waals surface area (Å²) in [5.74, 6) is -0.728. The Balaban J connectivity index is 4.62. The van der Waals surface area contributed by atoms with Gasteiger partial charge in [0.15, 0.2) is 0 Å². The Hall–Kier alpha value is -1.49. The number of carbonyl (C=O) groups excluding carboxylic acids is 1. The minimum atomic E-state index is -0.728. The number of nitrogens with one attached hydrogen (secondary N) is 4. The summed E-state index contributed by atoms with van der Waals surface area (Å²) in [4.78, 5) is 12.7. The van der Waals surface area contributed by atoms with Crippen molar-refractivity contribution >= 4 is 6.03 Å². The predicted octanol–water partition coefficient (Wildman–Crippen LogP) is 13.2. The second-order valence-electron chi connectivity index (χ2n) is 18.9. The Kier molecular flexibility index (Phi) is 47.3. The van der Waals surface area contributed by atoms with Crippen LogP contribution in [-0.2, 0) is 9.47 Å². The van der Waals surface area contributed by atoms with Crippen molar-refractivity contribution in [2.24, 2.45) is 5.73 Å². The normalized spacial score (nSPS) is 12.3. The number of unbranched alkanes of at least 4 members (excludes halogenated alkanes) is 25. The number of nitrogens with zero attached hydrogens (tertiary/aromatic N) is 1. The first-order valence-corrected chi connectivity index (χ1v) is 27.4. The van der Waals surface area contributed by atoms with E-state index < -0.39 is 5.91 Å². The Morgan fingerprint density at radius 1 is 0.460 bits per heavy atom. The fraction of sp³-hybridized carbons (Fsp3) is 0.907. The first-order chi connectivity index (χ1) is 30.9. The van der Waals surface area contributed by atoms with Crippen LogP contribution in [0.3, 0.4) is 0 Å². The Morgan fingerprint density at radius 3 is 1.24 bits per heavy atom. The highest BCUT2D eigenvalue weighted by atomic mass is 16.7. The van der Waals surface area contributed by atoms with Gasteiger partial charge in [-0.2, -0.15) is 0 Å². The van der Waals surface area contributed by atoms with Gasteiger partial charge in [0.1, 0.15) is 6.54 Å². The number of quaternary nitrogens is 1. The Labute approximate surface area is 393 Å². The average molecular weight is 893 g/mol. The first-order valence-electron chi connectivity index (χ1n) is 27.4. The minimum Gasteiger partial charge on any atom is -0.338 e. The van der Waals surface area contributed by atoms with E-state index in [1.54, 1.807) is 0 Å². The van der Waals surface area contributed by atoms with E-state index >= 15 is 0 Å². The second kappa shape index (κ2) is 48.4. The summed E-state index contributed by atoms with van der Waals surface area (Å²) in [6.07, 6.45) is 51.1. The summed E-state index contributed by atoms with van der Waals surface area (Å²) in [5.41, 5.74) is 5.54. The molecule has 0 saturated carbocycles. The lowest BCUT2D eigenvalue weighted by Crippen LogP contribution is -2.64. The van der Waals surface area contributed by atoms with E-state index in [0.29, 0.717) is 30.8 Å². The standard InChI is InChI=1S/C54H110N6O3/c1-6-9-11-13-15-17-19-21-23-25-27-29-31-33-35-39-51-62-54(8-3,63-52-40-36-34-32-30-28-26-24-22-20-18-16-14-12-10-7-2)60(4,5)50-49-59-53(61)58-48-42-47-57-45-38-37-44-56-46-41-43-55/h21-24,56-57H,6-20,25-52,55H2,1-5H3,(H-,58,59,61)/p+1/b23-21-,24-22-. The topological polar surface area (TPSA) is 110 Å². The second-order valence-corrected chi connectivity index (χ2v) is 18.9. The van der Waals surface area contributed by atoms with Crippen LogP contribution < -0.4 is 27.0 Å². The van der Waals surface area contributed by atoms with Crippen LogP contribution in [0.15, 0.2) is 24.3 Å². The van der Waals surface area contributed by atoms with Gasteiger partial charge in [0.2, 0.25) is 0 Å². The monoisotopic (exact) mass is 892 g/mol. The molecule has 0 fully saturated rings. The lowest BCUT2D eigenvalue weighted by molar-refractivity contribution is -0.996. The van der Waals surface area contributed by atoms with Crippen molar-refractivity contribution in [2.45, 2.75) is 239 Å². The lowest BCUT2D eigenvalue weighted by atomic mass is 10.1. The van der Waals surface area contributed by atoms with Crippen molar-refractivity contribution in [3.63, 3.8) is 0 Å². The number of ether oxygens (including phenoxy) is 2. The molecule has 0 bridgehead atoms. The lowest BCUT2D eigenvalue weighted by Gasteiger charge is -2.46. The zero-order valence-corrected chi connectivity index (χ0v) is 43.0. The number of urea groups is 1. The quantitative estimate of drug-likeness (QED) is 0.0180. The third-order valence-corrected chi connectivity index (χ3v) is 12.6. The molecule has 0 aliphatic rings. The molecule has 0 aromatic heterocycles. The smallest absolute Gasteiger partial charge is 0.318 e. The van der Waals surface area contributed by atoms with Crippen LogP contribution in [0.25, 0.3) is 0 Å². The van der Waals surface area contributed by atoms with Crippen molar-refractivity contribution in [3.05, 3.63) is 24.3 Å². The molecule has 0 saturated heterocycles. The molecule has 0 rings (SSSR count). The number of hydrogen-bond acceptors (Lipinski definition) is 6. The van der Waals surface area contributed by atoms with Gasteiger partial charge < -0.3 is 36.5 Å². The maximum absolute atomic E-state index is 12.7. The van der Waals surface area contributed by atoms with Gasteiger partial charge in [0.05, 0.1) is 40.3 Å². The fourth-order valence-electron chi connectivity index (χ4n) is 8.26. The van der Waals surface area contributed by atoms with E-state index in [2.05, 4.69) is 80.4 Å². The molecule has 0 aliphatic carbocycles. The molecule has 0 aromatic rings. The predicted molar refractivity (Wildman–Crippen MR) is 275 cm³/mol. The van der Waals surface area contributed by atoms with E-state index in [1.807, 2.05) is 0 Å². The van der Waals surface area contributed by atoms with Crippen LogP contribution in [0.2, 0.25) is 0 Å². The zero-order chi connectivity index (χ0) is 46.1. The van der Waals surface area contributed by atoms with Gasteiger partial charge in [0, 0.05) is 6.54 Å². The van der Waals surface area contributed by atoms with Gasteiger partial charge >= 0.3 is 11.9 Å². The number of hydrogen-bond donors (Lipinski definition) is 5. The number of nitrogens with two attached hydrogens (primary N) is 1. The van der Waals surface area contributed by atoms with Gasteiger partial charge in [-0.05, 0) is 123 Å². The molecule has 374 valence electrons. The molecule has 0 radical (unpaired) electrons. The molecule has 9 nitrogen and oxygen atoms in total. The molecule has 9 heteroatoms. The minimum absolute atomic E-state index is 0.101. The maximum Gasteiger partial charge on any atom is 0.318 e. The van der Waals surface area contributed by atoms with Crippen molar-refractivity contribution in [1.82, 2.24) is 21.3 Å². The largest absolute Gasteiger partial charge is 0.338 e. The van der Waals surface area contributed by atoms with Crippen molar-refractivity contribution in [2.75, 3.05) is 79.7 Å². The Morgan fingerprint density at radius 2 is 0.825 bits per heavy atom. The molecule has 6 N–H and O–H groups in total. The van der Waals surface area contributed by atoms with Crippen molar-refractivity contribution in [1.29, 1.82) is 0 Å². The molecule has 2 amide bonds. The summed E-state index contributed by atoms with van der Waals surface area (Å²) in [6.45, 7) is 14.9. The van der Waals surface area contributed by atoms with Crippen LogP contribution in [0.1, 0.15) is 233 Å². The van der Waals surface area contributed by atoms with Crippen molar-refractivity contribution < 1.29 is 18.8 Å². The van der Waals surface area contributed by atoms with E-state index in [0.717, 1.165) is 84.2 Å². The fourth-order valence-corrected chi connectivity index (χ4v) is 8.26. The molecule has 0 atom stereocenters. The molecule has 0 unspecified atom stereocenters. The van der Waals surface area contributed by atoms with Gasteiger partial charge in [-0.25, -0.2) is 4.79 Å². The van der Waals surface area contributed by atoms with Gasteiger partial charge in [-0.1, -0.05) is 161 Å². The molecule has 0 spiro atoms. The van der Waals surface area contributed by atoms with Crippen LogP contribution in [0.4, 0.5) is 4.79 Å². The zero-order valence-electron chi connectivity index (χ0n) is 43.0. The molecule has 0 aromatic carbocycles. The summed E-state index contributed by atoms with van der Waals surface area (Å²) in [6, 6.07) is -0.101. The van der Waals surface area contributed by atoms with E-state index in [4.69, 9.17) is 15.2 Å². The summed E-state index contributed by atoms with van der Waals surface area (Å²) < 4.78 is 14.1. The van der Waals surface area contributed by atoms with Crippen LogP contribution >= 0.6 is 0 Å². The third-order valence-electron chi connectivity index (χ3n) is 12.6. The summed E-state index contributed by atoms with van der Waals surface area (Å²) in [5, 5.41) is 13.1. The highest BCUT2D eigenvalue weighted by Gasteiger charge is 2.47. The number of rotatable bonds is 51. The van der Waals surface area contributed by atoms with E-state index in [1.165, 1.54) is 167 Å².